The minimum atomic E-state index is -4.36. The number of nitrogen functional groups attached to an aromatic ring is 1. The van der Waals surface area contributed by atoms with Gasteiger partial charge in [0, 0.05) is 0 Å². The Morgan fingerprint density at radius 1 is 1.35 bits per heavy atom. The Hall–Kier alpha value is -1.76. The van der Waals surface area contributed by atoms with E-state index < -0.39 is 12.8 Å². The molecule has 0 aliphatic carbocycles. The maximum absolute atomic E-state index is 11.8. The third kappa shape index (κ3) is 2.88. The number of nitrogens with two attached hydrogens (primary N) is 1. The van der Waals surface area contributed by atoms with Gasteiger partial charge in [-0.05, 0) is 12.1 Å². The van der Waals surface area contributed by atoms with Crippen LogP contribution < -0.4 is 5.73 Å². The molecule has 0 saturated carbocycles. The van der Waals surface area contributed by atoms with Crippen molar-refractivity contribution < 1.29 is 22.3 Å². The summed E-state index contributed by atoms with van der Waals surface area (Å²) in [6.45, 7) is -1.67. The van der Waals surface area contributed by atoms with E-state index in [9.17, 15) is 13.2 Å². The molecule has 0 amide bonds. The van der Waals surface area contributed by atoms with E-state index >= 15 is 0 Å². The highest BCUT2D eigenvalue weighted by atomic mass is 19.4. The minimum absolute atomic E-state index is 0.0714. The zero-order valence-corrected chi connectivity index (χ0v) is 8.62. The molecular weight excluding hydrogens is 237 g/mol. The molecule has 0 fully saturated rings. The predicted octanol–water partition coefficient (Wildman–Crippen LogP) is 2.49. The van der Waals surface area contributed by atoms with Crippen LogP contribution >= 0.6 is 0 Å². The molecule has 0 bridgehead atoms. The number of nitrogens with zero attached hydrogens (tertiary/aromatic N) is 1. The molecule has 0 radical (unpaired) electrons. The topological polar surface area (TPSA) is 61.3 Å². The van der Waals surface area contributed by atoms with Gasteiger partial charge in [-0.1, -0.05) is 6.07 Å². The zero-order chi connectivity index (χ0) is 12.5. The maximum Gasteiger partial charge on any atom is 0.411 e. The van der Waals surface area contributed by atoms with Crippen LogP contribution in [-0.2, 0) is 11.3 Å². The number of rotatable bonds is 3. The molecule has 4 nitrogen and oxygen atoms in total. The number of anilines is 1. The van der Waals surface area contributed by atoms with Crippen molar-refractivity contribution in [3.8, 4) is 0 Å². The molecule has 0 spiro atoms. The summed E-state index contributed by atoms with van der Waals surface area (Å²) in [6, 6.07) is 4.93. The monoisotopic (exact) mass is 246 g/mol. The first-order valence-corrected chi connectivity index (χ1v) is 4.74. The van der Waals surface area contributed by atoms with Crippen molar-refractivity contribution in [2.24, 2.45) is 0 Å². The Balaban J connectivity index is 2.07. The van der Waals surface area contributed by atoms with Gasteiger partial charge in [0.1, 0.15) is 18.7 Å². The Kier molecular flexibility index (Phi) is 2.93. The summed E-state index contributed by atoms with van der Waals surface area (Å²) in [7, 11) is 0. The van der Waals surface area contributed by atoms with Gasteiger partial charge < -0.3 is 14.9 Å². The summed E-state index contributed by atoms with van der Waals surface area (Å²) in [5.74, 6) is 0.0714. The largest absolute Gasteiger partial charge is 0.438 e. The van der Waals surface area contributed by atoms with Crippen molar-refractivity contribution in [2.45, 2.75) is 12.8 Å². The molecule has 7 heteroatoms. The van der Waals surface area contributed by atoms with Crippen LogP contribution in [0.1, 0.15) is 5.89 Å². The molecule has 2 N–H and O–H groups in total. The van der Waals surface area contributed by atoms with E-state index in [1.807, 2.05) is 0 Å². The van der Waals surface area contributed by atoms with Gasteiger partial charge in [0.05, 0.1) is 5.69 Å². The van der Waals surface area contributed by atoms with E-state index in [2.05, 4.69) is 9.72 Å². The van der Waals surface area contributed by atoms with Gasteiger partial charge in [-0.15, -0.1) is 0 Å². The third-order valence-corrected chi connectivity index (χ3v) is 1.99. The number of fused-ring (bicyclic) bond motifs is 1. The summed E-state index contributed by atoms with van der Waals surface area (Å²) in [5.41, 5.74) is 6.89. The molecule has 0 atom stereocenters. The molecule has 0 aliphatic heterocycles. The fourth-order valence-electron chi connectivity index (χ4n) is 1.33. The molecule has 0 aliphatic rings. The van der Waals surface area contributed by atoms with E-state index in [1.165, 1.54) is 0 Å². The Morgan fingerprint density at radius 3 is 2.76 bits per heavy atom. The average molecular weight is 246 g/mol. The molecule has 1 heterocycles. The number of benzene rings is 1. The van der Waals surface area contributed by atoms with Crippen molar-refractivity contribution >= 4 is 16.8 Å². The van der Waals surface area contributed by atoms with Crippen LogP contribution in [0.5, 0.6) is 0 Å². The van der Waals surface area contributed by atoms with Crippen molar-refractivity contribution in [1.29, 1.82) is 0 Å². The van der Waals surface area contributed by atoms with Crippen molar-refractivity contribution in [1.82, 2.24) is 4.98 Å². The number of aromatic nitrogens is 1. The molecule has 2 rings (SSSR count). The highest BCUT2D eigenvalue weighted by molar-refractivity contribution is 5.85. The summed E-state index contributed by atoms with van der Waals surface area (Å²) < 4.78 is 45.1. The van der Waals surface area contributed by atoms with E-state index in [-0.39, 0.29) is 12.5 Å². The third-order valence-electron chi connectivity index (χ3n) is 1.99. The SMILES string of the molecule is Nc1cccc2oc(COCC(F)(F)F)nc12. The van der Waals surface area contributed by atoms with Gasteiger partial charge in [-0.25, -0.2) is 4.98 Å². The summed E-state index contributed by atoms with van der Waals surface area (Å²) in [5, 5.41) is 0. The molecule has 1 aromatic carbocycles. The van der Waals surface area contributed by atoms with Crippen molar-refractivity contribution in [3.05, 3.63) is 24.1 Å². The highest BCUT2D eigenvalue weighted by Gasteiger charge is 2.27. The number of hydrogen-bond acceptors (Lipinski definition) is 4. The molecule has 0 saturated heterocycles. The van der Waals surface area contributed by atoms with Crippen LogP contribution in [0, 0.1) is 0 Å². The normalized spacial score (nSPS) is 12.2. The predicted molar refractivity (Wildman–Crippen MR) is 54.1 cm³/mol. The van der Waals surface area contributed by atoms with Gasteiger partial charge in [0.25, 0.3) is 0 Å². The average Bonchev–Trinajstić information content (AvgIpc) is 2.60. The number of oxazole rings is 1. The van der Waals surface area contributed by atoms with Gasteiger partial charge in [-0.2, -0.15) is 13.2 Å². The second kappa shape index (κ2) is 4.25. The second-order valence-corrected chi connectivity index (χ2v) is 3.41. The highest BCUT2D eigenvalue weighted by Crippen LogP contribution is 2.22. The van der Waals surface area contributed by atoms with Crippen LogP contribution in [0.3, 0.4) is 0 Å². The van der Waals surface area contributed by atoms with E-state index in [4.69, 9.17) is 10.2 Å². The van der Waals surface area contributed by atoms with Gasteiger partial charge in [0.15, 0.2) is 5.58 Å². The first-order valence-electron chi connectivity index (χ1n) is 4.74. The fourth-order valence-corrected chi connectivity index (χ4v) is 1.33. The lowest BCUT2D eigenvalue weighted by Gasteiger charge is -2.04. The van der Waals surface area contributed by atoms with Crippen molar-refractivity contribution in [3.63, 3.8) is 0 Å². The van der Waals surface area contributed by atoms with Gasteiger partial charge in [-0.3, -0.25) is 0 Å². The van der Waals surface area contributed by atoms with Crippen molar-refractivity contribution in [2.75, 3.05) is 12.3 Å². The number of para-hydroxylation sites is 1. The maximum atomic E-state index is 11.8. The lowest BCUT2D eigenvalue weighted by Crippen LogP contribution is -2.16. The molecule has 1 aromatic heterocycles. The Labute approximate surface area is 94.2 Å². The van der Waals surface area contributed by atoms with Gasteiger partial charge >= 0.3 is 6.18 Å². The lowest BCUT2D eigenvalue weighted by molar-refractivity contribution is -0.177. The number of alkyl halides is 3. The number of halogens is 3. The van der Waals surface area contributed by atoms with E-state index in [1.54, 1.807) is 18.2 Å². The smallest absolute Gasteiger partial charge is 0.411 e. The second-order valence-electron chi connectivity index (χ2n) is 3.41. The number of ether oxygens (including phenoxy) is 1. The van der Waals surface area contributed by atoms with Crippen LogP contribution in [0.25, 0.3) is 11.1 Å². The quantitative estimate of drug-likeness (QED) is 0.845. The minimum Gasteiger partial charge on any atom is -0.438 e. The van der Waals surface area contributed by atoms with Crippen LogP contribution in [0.15, 0.2) is 22.6 Å². The standard InChI is InChI=1S/C10H9F3N2O2/c11-10(12,13)5-16-4-8-15-9-6(14)2-1-3-7(9)17-8/h1-3H,4-5,14H2. The summed E-state index contributed by atoms with van der Waals surface area (Å²) in [6.07, 6.45) is -4.36. The van der Waals surface area contributed by atoms with E-state index in [0.29, 0.717) is 16.8 Å². The molecule has 92 valence electrons. The summed E-state index contributed by atoms with van der Waals surface area (Å²) in [4.78, 5) is 3.95. The fraction of sp³-hybridized carbons (Fsp3) is 0.300. The molecule has 2 aromatic rings. The lowest BCUT2D eigenvalue weighted by atomic mass is 10.3. The summed E-state index contributed by atoms with van der Waals surface area (Å²) >= 11 is 0. The number of hydrogen-bond donors (Lipinski definition) is 1. The van der Waals surface area contributed by atoms with Crippen LogP contribution in [0.4, 0.5) is 18.9 Å². The molecule has 0 unspecified atom stereocenters. The zero-order valence-electron chi connectivity index (χ0n) is 8.62. The van der Waals surface area contributed by atoms with Crippen LogP contribution in [0.2, 0.25) is 0 Å². The van der Waals surface area contributed by atoms with Gasteiger partial charge in [0.2, 0.25) is 5.89 Å². The van der Waals surface area contributed by atoms with E-state index in [0.717, 1.165) is 0 Å². The first-order chi connectivity index (χ1) is 7.96. The van der Waals surface area contributed by atoms with Crippen LogP contribution in [-0.4, -0.2) is 17.8 Å². The molecular formula is C10H9F3N2O2. The molecule has 17 heavy (non-hydrogen) atoms. The Bertz CT molecular complexity index is 522. The first kappa shape index (κ1) is 11.7. The Morgan fingerprint density at radius 2 is 2.12 bits per heavy atom.